The van der Waals surface area contributed by atoms with E-state index in [0.717, 1.165) is 37.3 Å². The maximum Gasteiger partial charge on any atom is 0.205 e. The number of piperidine rings is 1. The van der Waals surface area contributed by atoms with E-state index < -0.39 is 0 Å². The molecule has 1 fully saturated rings. The first kappa shape index (κ1) is 21.0. The van der Waals surface area contributed by atoms with Gasteiger partial charge in [-0.3, -0.25) is 14.5 Å². The minimum absolute atomic E-state index is 0.0574. The Labute approximate surface area is 196 Å². The van der Waals surface area contributed by atoms with Gasteiger partial charge in [-0.1, -0.05) is 47.5 Å². The highest BCUT2D eigenvalue weighted by Crippen LogP contribution is 2.37. The topological polar surface area (TPSA) is 53.7 Å². The van der Waals surface area contributed by atoms with E-state index in [1.165, 1.54) is 0 Å². The van der Waals surface area contributed by atoms with Crippen LogP contribution in [0.1, 0.15) is 37.0 Å². The zero-order valence-electron chi connectivity index (χ0n) is 17.4. The largest absolute Gasteiger partial charge is 0.369 e. The molecule has 1 unspecified atom stereocenters. The number of aromatic nitrogens is 2. The number of rotatable bonds is 4. The van der Waals surface area contributed by atoms with Crippen molar-refractivity contribution < 1.29 is 0 Å². The lowest BCUT2D eigenvalue weighted by Crippen LogP contribution is -2.36. The molecule has 2 aromatic carbocycles. The Balaban J connectivity index is 1.35. The minimum Gasteiger partial charge on any atom is -0.369 e. The van der Waals surface area contributed by atoms with Crippen molar-refractivity contribution in [3.8, 4) is 0 Å². The molecule has 3 heterocycles. The number of nitrogens with zero attached hydrogens (tertiary/aromatic N) is 5. The van der Waals surface area contributed by atoms with Gasteiger partial charge in [-0.25, -0.2) is 0 Å². The van der Waals surface area contributed by atoms with Crippen LogP contribution in [0.25, 0.3) is 0 Å². The molecule has 1 aromatic heterocycles. The van der Waals surface area contributed by atoms with Gasteiger partial charge in [0.05, 0.1) is 27.5 Å². The minimum atomic E-state index is -0.195. The fraction of sp³-hybridized carbons (Fsp3) is 0.292. The second kappa shape index (κ2) is 8.96. The Morgan fingerprint density at radius 1 is 0.906 bits per heavy atom. The summed E-state index contributed by atoms with van der Waals surface area (Å²) in [6, 6.07) is 17.1. The molecule has 0 saturated carbocycles. The van der Waals surface area contributed by atoms with Gasteiger partial charge in [0.1, 0.15) is 11.7 Å². The van der Waals surface area contributed by atoms with E-state index in [1.54, 1.807) is 12.3 Å². The number of benzene rings is 2. The van der Waals surface area contributed by atoms with E-state index >= 15 is 0 Å². The zero-order valence-corrected chi connectivity index (χ0v) is 19.0. The second-order valence-electron chi connectivity index (χ2n) is 8.06. The molecule has 0 amide bonds. The third kappa shape index (κ3) is 4.00. The summed E-state index contributed by atoms with van der Waals surface area (Å²) in [6.07, 6.45) is 6.09. The van der Waals surface area contributed by atoms with Crippen molar-refractivity contribution >= 4 is 40.8 Å². The van der Waals surface area contributed by atoms with Crippen molar-refractivity contribution in [3.63, 3.8) is 0 Å². The smallest absolute Gasteiger partial charge is 0.205 e. The quantitative estimate of drug-likeness (QED) is 0.520. The van der Waals surface area contributed by atoms with Crippen molar-refractivity contribution in [2.24, 2.45) is 5.10 Å². The van der Waals surface area contributed by atoms with E-state index in [4.69, 9.17) is 28.3 Å². The summed E-state index contributed by atoms with van der Waals surface area (Å²) >= 11 is 12.8. The van der Waals surface area contributed by atoms with Crippen LogP contribution in [-0.2, 0) is 0 Å². The van der Waals surface area contributed by atoms with Crippen LogP contribution in [0.4, 0.5) is 11.4 Å². The van der Waals surface area contributed by atoms with Gasteiger partial charge >= 0.3 is 0 Å². The van der Waals surface area contributed by atoms with Crippen LogP contribution >= 0.6 is 23.2 Å². The Morgan fingerprint density at radius 3 is 2.34 bits per heavy atom. The van der Waals surface area contributed by atoms with Crippen LogP contribution in [0.5, 0.6) is 0 Å². The maximum absolute atomic E-state index is 12.7. The molecule has 0 radical (unpaired) electrons. The SMILES string of the molecule is O=c1ccn(C2CCN(c3c(Cl)cccc3Cl)CC2)nc1C1CC=NN1c1ccccc1. The van der Waals surface area contributed by atoms with Crippen LogP contribution in [0.2, 0.25) is 10.0 Å². The van der Waals surface area contributed by atoms with Gasteiger partial charge in [0.2, 0.25) is 5.43 Å². The number of hydrogen-bond donors (Lipinski definition) is 0. The molecule has 5 rings (SSSR count). The monoisotopic (exact) mass is 467 g/mol. The molecule has 8 heteroatoms. The molecular weight excluding hydrogens is 445 g/mol. The van der Waals surface area contributed by atoms with Gasteiger partial charge < -0.3 is 4.90 Å². The van der Waals surface area contributed by atoms with Crippen molar-refractivity contribution in [1.29, 1.82) is 0 Å². The van der Waals surface area contributed by atoms with Crippen LogP contribution in [-0.4, -0.2) is 29.1 Å². The molecule has 0 bridgehead atoms. The third-order valence-electron chi connectivity index (χ3n) is 6.11. The molecule has 6 nitrogen and oxygen atoms in total. The standard InChI is InChI=1S/C24H23Cl2N5O/c25-19-7-4-8-20(26)24(19)29-14-10-17(11-15-29)30-16-12-22(32)23(28-30)21-9-13-27-31(21)18-5-2-1-3-6-18/h1-8,12-13,16-17,21H,9-11,14-15H2. The van der Waals surface area contributed by atoms with Gasteiger partial charge in [-0.2, -0.15) is 10.2 Å². The summed E-state index contributed by atoms with van der Waals surface area (Å²) in [7, 11) is 0. The van der Waals surface area contributed by atoms with Crippen molar-refractivity contribution in [3.05, 3.63) is 86.8 Å². The maximum atomic E-state index is 12.7. The van der Waals surface area contributed by atoms with Gasteiger partial charge in [0, 0.05) is 38.0 Å². The summed E-state index contributed by atoms with van der Waals surface area (Å²) in [6.45, 7) is 1.64. The zero-order chi connectivity index (χ0) is 22.1. The Kier molecular flexibility index (Phi) is 5.89. The molecule has 2 aliphatic rings. The summed E-state index contributed by atoms with van der Waals surface area (Å²) in [5.74, 6) is 0. The van der Waals surface area contributed by atoms with E-state index in [-0.39, 0.29) is 17.5 Å². The third-order valence-corrected chi connectivity index (χ3v) is 6.72. The predicted molar refractivity (Wildman–Crippen MR) is 130 cm³/mol. The van der Waals surface area contributed by atoms with E-state index in [1.807, 2.05) is 64.4 Å². The highest BCUT2D eigenvalue weighted by molar-refractivity contribution is 6.39. The normalized spacial score (nSPS) is 19.0. The fourth-order valence-electron chi connectivity index (χ4n) is 4.49. The van der Waals surface area contributed by atoms with E-state index in [2.05, 4.69) is 10.0 Å². The highest BCUT2D eigenvalue weighted by atomic mass is 35.5. The van der Waals surface area contributed by atoms with Crippen molar-refractivity contribution in [2.75, 3.05) is 23.0 Å². The van der Waals surface area contributed by atoms with Gasteiger partial charge in [0.25, 0.3) is 0 Å². The molecule has 164 valence electrons. The first-order chi connectivity index (χ1) is 15.6. The molecule has 1 atom stereocenters. The molecule has 0 N–H and O–H groups in total. The van der Waals surface area contributed by atoms with E-state index in [0.29, 0.717) is 22.2 Å². The number of halogens is 2. The average Bonchev–Trinajstić information content (AvgIpc) is 3.30. The molecule has 0 aliphatic carbocycles. The van der Waals surface area contributed by atoms with Crippen LogP contribution in [0, 0.1) is 0 Å². The molecule has 3 aromatic rings. The first-order valence-electron chi connectivity index (χ1n) is 10.8. The Hall–Kier alpha value is -2.83. The summed E-state index contributed by atoms with van der Waals surface area (Å²) in [4.78, 5) is 15.0. The van der Waals surface area contributed by atoms with Gasteiger partial charge in [-0.15, -0.1) is 0 Å². The molecule has 0 spiro atoms. The lowest BCUT2D eigenvalue weighted by molar-refractivity contribution is 0.356. The Morgan fingerprint density at radius 2 is 1.62 bits per heavy atom. The molecular formula is C24H23Cl2N5O. The fourth-order valence-corrected chi connectivity index (χ4v) is 5.12. The van der Waals surface area contributed by atoms with Crippen LogP contribution in [0.3, 0.4) is 0 Å². The number of hydrazone groups is 1. The lowest BCUT2D eigenvalue weighted by Gasteiger charge is -2.35. The number of anilines is 2. The van der Waals surface area contributed by atoms with Crippen LogP contribution < -0.4 is 15.3 Å². The number of hydrogen-bond acceptors (Lipinski definition) is 5. The molecule has 1 saturated heterocycles. The molecule has 2 aliphatic heterocycles. The summed E-state index contributed by atoms with van der Waals surface area (Å²) in [5.41, 5.74) is 2.32. The van der Waals surface area contributed by atoms with Crippen molar-refractivity contribution in [2.45, 2.75) is 31.3 Å². The van der Waals surface area contributed by atoms with Crippen molar-refractivity contribution in [1.82, 2.24) is 9.78 Å². The number of para-hydroxylation sites is 2. The van der Waals surface area contributed by atoms with Crippen LogP contribution in [0.15, 0.2) is 70.7 Å². The lowest BCUT2D eigenvalue weighted by atomic mass is 10.0. The molecule has 32 heavy (non-hydrogen) atoms. The summed E-state index contributed by atoms with van der Waals surface area (Å²) < 4.78 is 1.95. The van der Waals surface area contributed by atoms with Gasteiger partial charge in [-0.05, 0) is 37.1 Å². The van der Waals surface area contributed by atoms with E-state index in [9.17, 15) is 4.79 Å². The summed E-state index contributed by atoms with van der Waals surface area (Å²) in [5, 5.41) is 12.5. The highest BCUT2D eigenvalue weighted by Gasteiger charge is 2.29. The first-order valence-corrected chi connectivity index (χ1v) is 11.5. The van der Waals surface area contributed by atoms with Gasteiger partial charge in [0.15, 0.2) is 0 Å². The predicted octanol–water partition coefficient (Wildman–Crippen LogP) is 5.33. The second-order valence-corrected chi connectivity index (χ2v) is 8.88. The average molecular weight is 468 g/mol. The Bertz CT molecular complexity index is 1170.